The van der Waals surface area contributed by atoms with Gasteiger partial charge in [-0.15, -0.1) is 0 Å². The number of aryl methyl sites for hydroxylation is 1. The molecule has 3 nitrogen and oxygen atoms in total. The van der Waals surface area contributed by atoms with Crippen LogP contribution < -0.4 is 0 Å². The molecule has 144 valence electrons. The van der Waals surface area contributed by atoms with Gasteiger partial charge in [-0.1, -0.05) is 90.5 Å². The first-order valence-electron chi connectivity index (χ1n) is 9.75. The summed E-state index contributed by atoms with van der Waals surface area (Å²) < 4.78 is 6.08. The first-order valence-corrected chi connectivity index (χ1v) is 9.75. The van der Waals surface area contributed by atoms with Crippen LogP contribution in [-0.4, -0.2) is 16.9 Å². The van der Waals surface area contributed by atoms with E-state index < -0.39 is 11.1 Å². The molecule has 0 spiro atoms. The topological polar surface area (TPSA) is 36.0 Å². The van der Waals surface area contributed by atoms with Crippen LogP contribution in [0.4, 0.5) is 0 Å². The van der Waals surface area contributed by atoms with Crippen molar-refractivity contribution in [1.29, 1.82) is 0 Å². The van der Waals surface area contributed by atoms with Gasteiger partial charge in [-0.3, -0.25) is 0 Å². The van der Waals surface area contributed by atoms with Crippen LogP contribution in [0.3, 0.4) is 0 Å². The molecule has 3 heteroatoms. The van der Waals surface area contributed by atoms with E-state index in [0.29, 0.717) is 6.61 Å². The minimum Gasteiger partial charge on any atom is -0.362 e. The van der Waals surface area contributed by atoms with E-state index in [-0.39, 0.29) is 6.04 Å². The Kier molecular flexibility index (Phi) is 4.84. The summed E-state index contributed by atoms with van der Waals surface area (Å²) in [5.41, 5.74) is 3.22. The molecule has 28 heavy (non-hydrogen) atoms. The van der Waals surface area contributed by atoms with Crippen LogP contribution in [0.5, 0.6) is 0 Å². The maximum Gasteiger partial charge on any atom is 0.138 e. The molecule has 1 heterocycles. The Balaban J connectivity index is 1.81. The van der Waals surface area contributed by atoms with Gasteiger partial charge in [-0.2, -0.15) is 5.06 Å². The summed E-state index contributed by atoms with van der Waals surface area (Å²) >= 11 is 0. The Hall–Kier alpha value is -2.46. The van der Waals surface area contributed by atoms with Crippen LogP contribution >= 0.6 is 0 Å². The Morgan fingerprint density at radius 3 is 1.96 bits per heavy atom. The van der Waals surface area contributed by atoms with E-state index in [1.807, 2.05) is 50.2 Å². The highest BCUT2D eigenvalue weighted by atomic mass is 16.6. The molecule has 1 aliphatic rings. The van der Waals surface area contributed by atoms with E-state index in [2.05, 4.69) is 55.5 Å². The zero-order valence-corrected chi connectivity index (χ0v) is 16.7. The number of hydrogen-bond donors (Lipinski definition) is 1. The molecule has 0 saturated carbocycles. The molecule has 0 aliphatic carbocycles. The zero-order chi connectivity index (χ0) is 19.8. The minimum atomic E-state index is -0.593. The van der Waals surface area contributed by atoms with E-state index in [0.717, 1.165) is 16.7 Å². The van der Waals surface area contributed by atoms with Crippen LogP contribution in [0.1, 0.15) is 42.1 Å². The molecule has 1 fully saturated rings. The molecule has 0 amide bonds. The van der Waals surface area contributed by atoms with Gasteiger partial charge in [0.25, 0.3) is 0 Å². The van der Waals surface area contributed by atoms with E-state index in [9.17, 15) is 5.21 Å². The number of rotatable bonds is 6. The van der Waals surface area contributed by atoms with Gasteiger partial charge in [0.2, 0.25) is 0 Å². The lowest BCUT2D eigenvalue weighted by Gasteiger charge is -2.42. The Morgan fingerprint density at radius 1 is 0.893 bits per heavy atom. The smallest absolute Gasteiger partial charge is 0.138 e. The molecule has 3 aromatic carbocycles. The van der Waals surface area contributed by atoms with E-state index in [1.54, 1.807) is 0 Å². The van der Waals surface area contributed by atoms with Crippen molar-refractivity contribution in [2.75, 3.05) is 6.61 Å². The minimum absolute atomic E-state index is 0.328. The quantitative estimate of drug-likeness (QED) is 0.452. The van der Waals surface area contributed by atoms with Gasteiger partial charge in [0.1, 0.15) is 5.60 Å². The molecule has 0 bridgehead atoms. The van der Waals surface area contributed by atoms with E-state index in [1.165, 1.54) is 10.6 Å². The molecular weight excluding hydrogens is 346 g/mol. The third-order valence-corrected chi connectivity index (χ3v) is 5.85. The number of hydroxylamine groups is 2. The van der Waals surface area contributed by atoms with E-state index in [4.69, 9.17) is 4.74 Å². The van der Waals surface area contributed by atoms with Gasteiger partial charge in [-0.25, -0.2) is 0 Å². The predicted octanol–water partition coefficient (Wildman–Crippen LogP) is 5.59. The van der Waals surface area contributed by atoms with Crippen LogP contribution in [0.2, 0.25) is 0 Å². The average molecular weight is 373 g/mol. The number of benzene rings is 3. The van der Waals surface area contributed by atoms with Crippen LogP contribution in [0.25, 0.3) is 0 Å². The lowest BCUT2D eigenvalue weighted by Crippen LogP contribution is -2.46. The highest BCUT2D eigenvalue weighted by Gasteiger charge is 2.58. The van der Waals surface area contributed by atoms with Gasteiger partial charge < -0.3 is 9.94 Å². The number of nitrogens with zero attached hydrogens (tertiary/aromatic N) is 1. The summed E-state index contributed by atoms with van der Waals surface area (Å²) in [6.07, 6.45) is 0. The first-order chi connectivity index (χ1) is 13.4. The summed E-state index contributed by atoms with van der Waals surface area (Å²) in [4.78, 5) is 0. The molecular formula is C25H27NO2. The van der Waals surface area contributed by atoms with Gasteiger partial charge in [0, 0.05) is 0 Å². The van der Waals surface area contributed by atoms with Crippen LogP contribution in [0, 0.1) is 6.92 Å². The summed E-state index contributed by atoms with van der Waals surface area (Å²) in [6, 6.07) is 28.4. The highest BCUT2D eigenvalue weighted by Crippen LogP contribution is 2.53. The van der Waals surface area contributed by atoms with Gasteiger partial charge >= 0.3 is 0 Å². The van der Waals surface area contributed by atoms with Crippen LogP contribution in [-0.2, 0) is 15.9 Å². The second kappa shape index (κ2) is 7.17. The Morgan fingerprint density at radius 2 is 1.43 bits per heavy atom. The van der Waals surface area contributed by atoms with Crippen molar-refractivity contribution in [3.63, 3.8) is 0 Å². The predicted molar refractivity (Wildman–Crippen MR) is 111 cm³/mol. The van der Waals surface area contributed by atoms with Crippen molar-refractivity contribution in [3.8, 4) is 0 Å². The fourth-order valence-corrected chi connectivity index (χ4v) is 3.94. The lowest BCUT2D eigenvalue weighted by atomic mass is 9.83. The number of hydrogen-bond acceptors (Lipinski definition) is 3. The molecule has 1 saturated heterocycles. The SMILES string of the molecule is Cc1ccc([C@@H](N(O)C(C)(C)c2ccccc2)[C@@]2(c3ccccc3)CO2)cc1. The van der Waals surface area contributed by atoms with Crippen molar-refractivity contribution < 1.29 is 9.94 Å². The monoisotopic (exact) mass is 373 g/mol. The van der Waals surface area contributed by atoms with E-state index >= 15 is 0 Å². The summed E-state index contributed by atoms with van der Waals surface area (Å²) in [5, 5.41) is 13.1. The molecule has 0 aromatic heterocycles. The van der Waals surface area contributed by atoms with Gasteiger partial charge in [0.05, 0.1) is 18.2 Å². The zero-order valence-electron chi connectivity index (χ0n) is 16.7. The fourth-order valence-electron chi connectivity index (χ4n) is 3.94. The van der Waals surface area contributed by atoms with Crippen molar-refractivity contribution in [1.82, 2.24) is 5.06 Å². The Labute approximate surface area is 167 Å². The third kappa shape index (κ3) is 3.26. The van der Waals surface area contributed by atoms with Crippen molar-refractivity contribution in [3.05, 3.63) is 107 Å². The molecule has 4 rings (SSSR count). The van der Waals surface area contributed by atoms with Crippen molar-refractivity contribution in [2.45, 2.75) is 38.0 Å². The van der Waals surface area contributed by atoms with Crippen molar-refractivity contribution in [2.24, 2.45) is 0 Å². The summed E-state index contributed by atoms with van der Waals surface area (Å²) in [6.45, 7) is 6.75. The largest absolute Gasteiger partial charge is 0.362 e. The fraction of sp³-hybridized carbons (Fsp3) is 0.280. The number of ether oxygens (including phenoxy) is 1. The lowest BCUT2D eigenvalue weighted by molar-refractivity contribution is -0.215. The van der Waals surface area contributed by atoms with Gasteiger partial charge in [0.15, 0.2) is 0 Å². The second-order valence-electron chi connectivity index (χ2n) is 8.13. The molecule has 1 aliphatic heterocycles. The molecule has 1 N–H and O–H groups in total. The highest BCUT2D eigenvalue weighted by molar-refractivity contribution is 5.36. The second-order valence-corrected chi connectivity index (χ2v) is 8.13. The number of epoxide rings is 1. The van der Waals surface area contributed by atoms with Gasteiger partial charge in [-0.05, 0) is 37.5 Å². The summed E-state index contributed by atoms with van der Waals surface area (Å²) in [5.74, 6) is 0. The molecule has 2 atom stereocenters. The maximum absolute atomic E-state index is 11.6. The average Bonchev–Trinajstić information content (AvgIpc) is 3.52. The third-order valence-electron chi connectivity index (χ3n) is 5.85. The van der Waals surface area contributed by atoms with Crippen molar-refractivity contribution >= 4 is 0 Å². The first kappa shape index (κ1) is 18.9. The maximum atomic E-state index is 11.6. The summed E-state index contributed by atoms with van der Waals surface area (Å²) in [7, 11) is 0. The molecule has 3 aromatic rings. The normalized spacial score (nSPS) is 20.2. The standard InChI is InChI=1S/C25H27NO2/c1-19-14-16-20(17-15-19)23(25(18-28-25)22-12-8-5-9-13-22)26(27)24(2,3)21-10-6-4-7-11-21/h4-17,23,27H,18H2,1-3H3/t23-,25+/m1/s1. The molecule has 0 radical (unpaired) electrons. The molecule has 0 unspecified atom stereocenters. The Bertz CT molecular complexity index is 916. The van der Waals surface area contributed by atoms with Crippen LogP contribution in [0.15, 0.2) is 84.9 Å².